The number of carbonyl (C=O) groups excluding carboxylic acids is 1. The Labute approximate surface area is 129 Å². The Bertz CT molecular complexity index is 612. The quantitative estimate of drug-likeness (QED) is 0.790. The summed E-state index contributed by atoms with van der Waals surface area (Å²) in [7, 11) is -1.04. The van der Waals surface area contributed by atoms with E-state index in [0.717, 1.165) is 5.56 Å². The van der Waals surface area contributed by atoms with E-state index < -0.39 is 22.9 Å². The highest BCUT2D eigenvalue weighted by Crippen LogP contribution is 2.15. The Balaban J connectivity index is 1.83. The molecule has 0 bridgehead atoms. The lowest BCUT2D eigenvalue weighted by Gasteiger charge is -2.11. The number of carbonyl (C=O) groups is 1. The second kappa shape index (κ2) is 7.35. The molecule has 5 nitrogen and oxygen atoms in total. The number of aliphatic hydroxyl groups excluding tert-OH is 1. The normalized spacial score (nSPS) is 13.4. The summed E-state index contributed by atoms with van der Waals surface area (Å²) in [5, 5.41) is 18.8. The van der Waals surface area contributed by atoms with Crippen molar-refractivity contribution in [2.75, 3.05) is 18.1 Å². The van der Waals surface area contributed by atoms with Crippen LogP contribution in [-0.2, 0) is 10.8 Å². The molecule has 1 heterocycles. The lowest BCUT2D eigenvalue weighted by atomic mass is 10.2. The number of nitrogens with one attached hydrogen (secondary N) is 2. The highest BCUT2D eigenvalue weighted by atomic mass is 32.2. The van der Waals surface area contributed by atoms with Gasteiger partial charge in [-0.3, -0.25) is 4.21 Å². The Morgan fingerprint density at radius 1 is 1.33 bits per heavy atom. The van der Waals surface area contributed by atoms with Gasteiger partial charge in [-0.05, 0) is 46.7 Å². The number of aliphatic hydroxyl groups is 1. The molecule has 7 heteroatoms. The first-order chi connectivity index (χ1) is 10.1. The third kappa shape index (κ3) is 4.66. The molecule has 3 N–H and O–H groups in total. The largest absolute Gasteiger partial charge is 0.387 e. The van der Waals surface area contributed by atoms with E-state index in [-0.39, 0.29) is 6.54 Å². The van der Waals surface area contributed by atoms with Gasteiger partial charge < -0.3 is 15.7 Å². The van der Waals surface area contributed by atoms with Gasteiger partial charge in [0.2, 0.25) is 0 Å². The summed E-state index contributed by atoms with van der Waals surface area (Å²) in [5.74, 6) is 0. The number of benzene rings is 1. The zero-order chi connectivity index (χ0) is 15.2. The van der Waals surface area contributed by atoms with Gasteiger partial charge in [-0.2, -0.15) is 11.3 Å². The first kappa shape index (κ1) is 15.7. The monoisotopic (exact) mass is 324 g/mol. The molecule has 0 saturated carbocycles. The molecule has 0 saturated heterocycles. The minimum atomic E-state index is -1.04. The fourth-order valence-electron chi connectivity index (χ4n) is 1.68. The maximum absolute atomic E-state index is 11.7. The minimum Gasteiger partial charge on any atom is -0.387 e. The summed E-state index contributed by atoms with van der Waals surface area (Å²) in [6, 6.07) is 8.20. The van der Waals surface area contributed by atoms with Crippen molar-refractivity contribution in [1.29, 1.82) is 0 Å². The van der Waals surface area contributed by atoms with Crippen LogP contribution in [0.1, 0.15) is 11.7 Å². The Morgan fingerprint density at radius 3 is 2.62 bits per heavy atom. The number of hydrogen-bond acceptors (Lipinski definition) is 4. The highest BCUT2D eigenvalue weighted by Gasteiger charge is 2.09. The summed E-state index contributed by atoms with van der Waals surface area (Å²) in [5.41, 5.74) is 1.39. The summed E-state index contributed by atoms with van der Waals surface area (Å²) in [6.45, 7) is 0.139. The summed E-state index contributed by atoms with van der Waals surface area (Å²) in [6.07, 6.45) is 0.882. The van der Waals surface area contributed by atoms with Crippen LogP contribution in [0.3, 0.4) is 0 Å². The number of hydrogen-bond donors (Lipinski definition) is 3. The average Bonchev–Trinajstić information content (AvgIpc) is 2.99. The molecule has 0 aliphatic heterocycles. The van der Waals surface area contributed by atoms with Gasteiger partial charge >= 0.3 is 6.03 Å². The zero-order valence-corrected chi connectivity index (χ0v) is 13.0. The summed E-state index contributed by atoms with van der Waals surface area (Å²) >= 11 is 1.50. The number of rotatable bonds is 5. The van der Waals surface area contributed by atoms with Crippen molar-refractivity contribution in [3.05, 3.63) is 46.7 Å². The summed E-state index contributed by atoms with van der Waals surface area (Å²) in [4.78, 5) is 12.4. The van der Waals surface area contributed by atoms with Gasteiger partial charge in [0.05, 0.1) is 6.10 Å². The minimum absolute atomic E-state index is 0.139. The standard InChI is InChI=1S/C14H16N2O3S2/c1-21(19)12-4-2-11(3-5-12)16-14(18)15-8-13(17)10-6-7-20-9-10/h2-7,9,13,17H,8H2,1H3,(H2,15,16,18). The van der Waals surface area contributed by atoms with Gasteiger partial charge in [0, 0.05) is 34.2 Å². The molecule has 2 aromatic rings. The lowest BCUT2D eigenvalue weighted by molar-refractivity contribution is 0.175. The number of anilines is 1. The Hall–Kier alpha value is -1.70. The van der Waals surface area contributed by atoms with E-state index in [1.54, 1.807) is 30.5 Å². The highest BCUT2D eigenvalue weighted by molar-refractivity contribution is 7.84. The van der Waals surface area contributed by atoms with Crippen molar-refractivity contribution in [2.24, 2.45) is 0 Å². The van der Waals surface area contributed by atoms with E-state index in [4.69, 9.17) is 0 Å². The van der Waals surface area contributed by atoms with Crippen LogP contribution < -0.4 is 10.6 Å². The molecule has 0 aliphatic carbocycles. The van der Waals surface area contributed by atoms with E-state index in [1.165, 1.54) is 11.3 Å². The van der Waals surface area contributed by atoms with Crippen LogP contribution in [-0.4, -0.2) is 28.1 Å². The fraction of sp³-hybridized carbons (Fsp3) is 0.214. The molecule has 21 heavy (non-hydrogen) atoms. The molecule has 2 atom stereocenters. The molecule has 1 aromatic carbocycles. The van der Waals surface area contributed by atoms with E-state index in [1.807, 2.05) is 16.8 Å². The number of thiophene rings is 1. The summed E-state index contributed by atoms with van der Waals surface area (Å²) < 4.78 is 11.3. The van der Waals surface area contributed by atoms with Gasteiger partial charge in [-0.15, -0.1) is 0 Å². The first-order valence-electron chi connectivity index (χ1n) is 6.25. The van der Waals surface area contributed by atoms with Crippen LogP contribution in [0.25, 0.3) is 0 Å². The van der Waals surface area contributed by atoms with Gasteiger partial charge in [0.25, 0.3) is 0 Å². The molecule has 0 fully saturated rings. The van der Waals surface area contributed by atoms with Gasteiger partial charge in [-0.25, -0.2) is 4.79 Å². The average molecular weight is 324 g/mol. The van der Waals surface area contributed by atoms with Crippen molar-refractivity contribution >= 4 is 33.9 Å². The van der Waals surface area contributed by atoms with Crippen molar-refractivity contribution in [1.82, 2.24) is 5.32 Å². The van der Waals surface area contributed by atoms with Crippen LogP contribution in [0.15, 0.2) is 46.0 Å². The molecule has 112 valence electrons. The SMILES string of the molecule is CS(=O)c1ccc(NC(=O)NCC(O)c2ccsc2)cc1. The van der Waals surface area contributed by atoms with E-state index in [0.29, 0.717) is 10.6 Å². The topological polar surface area (TPSA) is 78.4 Å². The molecular formula is C14H16N2O3S2. The van der Waals surface area contributed by atoms with Crippen LogP contribution in [0.2, 0.25) is 0 Å². The van der Waals surface area contributed by atoms with Gasteiger partial charge in [-0.1, -0.05) is 0 Å². The molecule has 1 aromatic heterocycles. The molecule has 0 aliphatic rings. The lowest BCUT2D eigenvalue weighted by Crippen LogP contribution is -2.32. The molecule has 2 rings (SSSR count). The predicted octanol–water partition coefficient (Wildman–Crippen LogP) is 2.34. The first-order valence-corrected chi connectivity index (χ1v) is 8.75. The Kier molecular flexibility index (Phi) is 5.49. The third-order valence-corrected chi connectivity index (χ3v) is 4.47. The number of amides is 2. The van der Waals surface area contributed by atoms with Gasteiger partial charge in [0.15, 0.2) is 0 Å². The van der Waals surface area contributed by atoms with Crippen LogP contribution >= 0.6 is 11.3 Å². The Morgan fingerprint density at radius 2 is 2.05 bits per heavy atom. The molecule has 0 spiro atoms. The second-order valence-corrected chi connectivity index (χ2v) is 6.55. The predicted molar refractivity (Wildman–Crippen MR) is 85.1 cm³/mol. The third-order valence-electron chi connectivity index (χ3n) is 2.83. The maximum Gasteiger partial charge on any atom is 0.319 e. The molecule has 2 amide bonds. The van der Waals surface area contributed by atoms with Crippen molar-refractivity contribution in [3.8, 4) is 0 Å². The van der Waals surface area contributed by atoms with Crippen molar-refractivity contribution in [3.63, 3.8) is 0 Å². The van der Waals surface area contributed by atoms with Crippen LogP contribution in [0.4, 0.5) is 10.5 Å². The van der Waals surface area contributed by atoms with Crippen LogP contribution in [0.5, 0.6) is 0 Å². The molecular weight excluding hydrogens is 308 g/mol. The fourth-order valence-corrected chi connectivity index (χ4v) is 2.90. The molecule has 0 radical (unpaired) electrons. The zero-order valence-electron chi connectivity index (χ0n) is 11.4. The van der Waals surface area contributed by atoms with E-state index in [9.17, 15) is 14.1 Å². The number of urea groups is 1. The second-order valence-electron chi connectivity index (χ2n) is 4.39. The van der Waals surface area contributed by atoms with E-state index >= 15 is 0 Å². The van der Waals surface area contributed by atoms with E-state index in [2.05, 4.69) is 10.6 Å². The van der Waals surface area contributed by atoms with Crippen LogP contribution in [0, 0.1) is 0 Å². The van der Waals surface area contributed by atoms with Crippen molar-refractivity contribution in [2.45, 2.75) is 11.0 Å². The smallest absolute Gasteiger partial charge is 0.319 e. The van der Waals surface area contributed by atoms with Crippen molar-refractivity contribution < 1.29 is 14.1 Å². The maximum atomic E-state index is 11.7. The molecule has 2 unspecified atom stereocenters. The van der Waals surface area contributed by atoms with Gasteiger partial charge in [0.1, 0.15) is 0 Å².